The van der Waals surface area contributed by atoms with Gasteiger partial charge in [0.25, 0.3) is 5.91 Å². The number of anilines is 2. The molecular weight excluding hydrogens is 400 g/mol. The Balaban J connectivity index is 1.65. The highest BCUT2D eigenvalue weighted by molar-refractivity contribution is 7.16. The van der Waals surface area contributed by atoms with Gasteiger partial charge in [-0.15, -0.1) is 11.3 Å². The molecule has 2 N–H and O–H groups in total. The number of hydrogen-bond acceptors (Lipinski definition) is 5. The van der Waals surface area contributed by atoms with E-state index in [2.05, 4.69) is 10.6 Å². The van der Waals surface area contributed by atoms with Crippen LogP contribution in [0.3, 0.4) is 0 Å². The van der Waals surface area contributed by atoms with Crippen LogP contribution in [-0.2, 0) is 14.3 Å². The highest BCUT2D eigenvalue weighted by Gasteiger charge is 2.31. The first-order chi connectivity index (χ1) is 13.3. The van der Waals surface area contributed by atoms with Crippen molar-refractivity contribution in [3.63, 3.8) is 0 Å². The molecule has 2 amide bonds. The first-order valence-corrected chi connectivity index (χ1v) is 10.1. The normalized spacial score (nSPS) is 13.1. The molecule has 3 rings (SSSR count). The lowest BCUT2D eigenvalue weighted by molar-refractivity contribution is -0.119. The summed E-state index contributed by atoms with van der Waals surface area (Å²) in [5.74, 6) is -1.15. The Labute approximate surface area is 172 Å². The molecule has 148 valence electrons. The molecule has 1 aromatic carbocycles. The highest BCUT2D eigenvalue weighted by atomic mass is 35.5. The number of thiophene rings is 1. The Morgan fingerprint density at radius 2 is 1.86 bits per heavy atom. The summed E-state index contributed by atoms with van der Waals surface area (Å²) in [6.45, 7) is 5.02. The van der Waals surface area contributed by atoms with E-state index >= 15 is 0 Å². The van der Waals surface area contributed by atoms with Gasteiger partial charge in [0, 0.05) is 21.5 Å². The van der Waals surface area contributed by atoms with Gasteiger partial charge in [-0.1, -0.05) is 17.7 Å². The topological polar surface area (TPSA) is 84.5 Å². The van der Waals surface area contributed by atoms with Gasteiger partial charge in [0.1, 0.15) is 5.00 Å². The maximum atomic E-state index is 12.6. The standard InChI is InChI=1S/C20H21ClN2O4S/c1-10-12(3)28-19(23-18(25)13-7-8-13)17(10)20(26)27-9-16(24)22-15-6-4-5-14(21)11(15)2/h4-6,13H,7-9H2,1-3H3,(H,22,24)(H,23,25). The Kier molecular flexibility index (Phi) is 6.05. The fourth-order valence-electron chi connectivity index (χ4n) is 2.65. The smallest absolute Gasteiger partial charge is 0.341 e. The van der Waals surface area contributed by atoms with Gasteiger partial charge in [0.05, 0.1) is 5.56 Å². The SMILES string of the molecule is Cc1sc(NC(=O)C2CC2)c(C(=O)OCC(=O)Nc2cccc(Cl)c2C)c1C. The van der Waals surface area contributed by atoms with Gasteiger partial charge in [-0.05, 0) is 56.9 Å². The molecule has 2 aromatic rings. The number of benzene rings is 1. The van der Waals surface area contributed by atoms with Crippen molar-refractivity contribution < 1.29 is 19.1 Å². The number of amides is 2. The second-order valence-corrected chi connectivity index (χ2v) is 8.42. The zero-order valence-electron chi connectivity index (χ0n) is 15.8. The van der Waals surface area contributed by atoms with Crippen molar-refractivity contribution in [2.75, 3.05) is 17.2 Å². The van der Waals surface area contributed by atoms with Crippen molar-refractivity contribution in [1.29, 1.82) is 0 Å². The molecule has 0 atom stereocenters. The Morgan fingerprint density at radius 1 is 1.14 bits per heavy atom. The van der Waals surface area contributed by atoms with Gasteiger partial charge in [0.2, 0.25) is 5.91 Å². The third kappa shape index (κ3) is 4.54. The van der Waals surface area contributed by atoms with E-state index < -0.39 is 18.5 Å². The predicted octanol–water partition coefficient (Wildman–Crippen LogP) is 4.47. The summed E-state index contributed by atoms with van der Waals surface area (Å²) in [5.41, 5.74) is 2.35. The summed E-state index contributed by atoms with van der Waals surface area (Å²) < 4.78 is 5.20. The minimum absolute atomic E-state index is 0.0262. The Hall–Kier alpha value is -2.38. The number of nitrogens with one attached hydrogen (secondary N) is 2. The largest absolute Gasteiger partial charge is 0.452 e. The van der Waals surface area contributed by atoms with Crippen molar-refractivity contribution in [3.8, 4) is 0 Å². The number of carbonyl (C=O) groups is 3. The van der Waals surface area contributed by atoms with E-state index in [1.165, 1.54) is 11.3 Å². The minimum Gasteiger partial charge on any atom is -0.452 e. The molecule has 1 aliphatic rings. The number of rotatable bonds is 6. The number of hydrogen-bond donors (Lipinski definition) is 2. The van der Waals surface area contributed by atoms with Crippen LogP contribution in [0.25, 0.3) is 0 Å². The molecule has 1 heterocycles. The average Bonchev–Trinajstić information content (AvgIpc) is 3.45. The number of ether oxygens (including phenoxy) is 1. The fraction of sp³-hybridized carbons (Fsp3) is 0.350. The quantitative estimate of drug-likeness (QED) is 0.675. The van der Waals surface area contributed by atoms with Gasteiger partial charge in [0.15, 0.2) is 6.61 Å². The molecule has 0 saturated heterocycles. The molecule has 6 nitrogen and oxygen atoms in total. The van der Waals surface area contributed by atoms with E-state index in [1.807, 2.05) is 6.92 Å². The van der Waals surface area contributed by atoms with Crippen LogP contribution in [0.1, 0.15) is 39.2 Å². The zero-order valence-corrected chi connectivity index (χ0v) is 17.4. The molecule has 0 radical (unpaired) electrons. The summed E-state index contributed by atoms with van der Waals surface area (Å²) in [6, 6.07) is 5.17. The third-order valence-electron chi connectivity index (χ3n) is 4.65. The molecule has 28 heavy (non-hydrogen) atoms. The second-order valence-electron chi connectivity index (χ2n) is 6.79. The van der Waals surface area contributed by atoms with Crippen LogP contribution in [-0.4, -0.2) is 24.4 Å². The lowest BCUT2D eigenvalue weighted by atomic mass is 10.1. The van der Waals surface area contributed by atoms with E-state index in [1.54, 1.807) is 32.0 Å². The fourth-order valence-corrected chi connectivity index (χ4v) is 3.88. The van der Waals surface area contributed by atoms with Crippen LogP contribution < -0.4 is 10.6 Å². The monoisotopic (exact) mass is 420 g/mol. The highest BCUT2D eigenvalue weighted by Crippen LogP contribution is 2.36. The Morgan fingerprint density at radius 3 is 2.54 bits per heavy atom. The molecule has 1 aromatic heterocycles. The first kappa shape index (κ1) is 20.4. The summed E-state index contributed by atoms with van der Waals surface area (Å²) in [6.07, 6.45) is 1.75. The molecule has 0 unspecified atom stereocenters. The summed E-state index contributed by atoms with van der Waals surface area (Å²) in [5, 5.41) is 6.51. The number of halogens is 1. The number of esters is 1. The molecular formula is C20H21ClN2O4S. The molecule has 0 spiro atoms. The molecule has 0 bridgehead atoms. The minimum atomic E-state index is -0.633. The maximum absolute atomic E-state index is 12.6. The molecule has 1 saturated carbocycles. The van der Waals surface area contributed by atoms with Crippen LogP contribution in [0.5, 0.6) is 0 Å². The number of aryl methyl sites for hydroxylation is 1. The van der Waals surface area contributed by atoms with Crippen LogP contribution in [0.15, 0.2) is 18.2 Å². The van der Waals surface area contributed by atoms with Gasteiger partial charge < -0.3 is 15.4 Å². The van der Waals surface area contributed by atoms with E-state index in [4.69, 9.17) is 16.3 Å². The van der Waals surface area contributed by atoms with Crippen molar-refractivity contribution in [2.45, 2.75) is 33.6 Å². The first-order valence-electron chi connectivity index (χ1n) is 8.91. The summed E-state index contributed by atoms with van der Waals surface area (Å²) in [4.78, 5) is 37.7. The molecule has 1 aliphatic carbocycles. The molecule has 8 heteroatoms. The lowest BCUT2D eigenvalue weighted by Gasteiger charge is -2.11. The zero-order chi connectivity index (χ0) is 20.4. The van der Waals surface area contributed by atoms with Gasteiger partial charge in [-0.2, -0.15) is 0 Å². The Bertz CT molecular complexity index is 950. The van der Waals surface area contributed by atoms with E-state index in [0.717, 1.165) is 28.8 Å². The van der Waals surface area contributed by atoms with Crippen molar-refractivity contribution in [1.82, 2.24) is 0 Å². The van der Waals surface area contributed by atoms with Gasteiger partial charge in [-0.3, -0.25) is 9.59 Å². The average molecular weight is 421 g/mol. The molecule has 1 fully saturated rings. The van der Waals surface area contributed by atoms with Crippen LogP contribution in [0, 0.1) is 26.7 Å². The van der Waals surface area contributed by atoms with Gasteiger partial charge in [-0.25, -0.2) is 4.79 Å². The third-order valence-corrected chi connectivity index (χ3v) is 6.18. The van der Waals surface area contributed by atoms with Crippen molar-refractivity contribution in [2.24, 2.45) is 5.92 Å². The second kappa shape index (κ2) is 8.32. The van der Waals surface area contributed by atoms with E-state index in [0.29, 0.717) is 21.3 Å². The summed E-state index contributed by atoms with van der Waals surface area (Å²) in [7, 11) is 0. The van der Waals surface area contributed by atoms with Crippen LogP contribution in [0.4, 0.5) is 10.7 Å². The van der Waals surface area contributed by atoms with E-state index in [-0.39, 0.29) is 11.8 Å². The number of carbonyl (C=O) groups excluding carboxylic acids is 3. The molecule has 0 aliphatic heterocycles. The summed E-state index contributed by atoms with van der Waals surface area (Å²) >= 11 is 7.38. The van der Waals surface area contributed by atoms with Gasteiger partial charge >= 0.3 is 5.97 Å². The maximum Gasteiger partial charge on any atom is 0.341 e. The lowest BCUT2D eigenvalue weighted by Crippen LogP contribution is -2.22. The van der Waals surface area contributed by atoms with Crippen molar-refractivity contribution >= 4 is 51.4 Å². The van der Waals surface area contributed by atoms with Crippen LogP contribution >= 0.6 is 22.9 Å². The van der Waals surface area contributed by atoms with Crippen LogP contribution in [0.2, 0.25) is 5.02 Å². The predicted molar refractivity (Wildman–Crippen MR) is 110 cm³/mol. The van der Waals surface area contributed by atoms with Crippen molar-refractivity contribution in [3.05, 3.63) is 44.8 Å². The van der Waals surface area contributed by atoms with E-state index in [9.17, 15) is 14.4 Å².